The third-order valence-electron chi connectivity index (χ3n) is 4.18. The highest BCUT2D eigenvalue weighted by Crippen LogP contribution is 2.32. The van der Waals surface area contributed by atoms with E-state index in [4.69, 9.17) is 5.73 Å². The molecule has 0 bridgehead atoms. The quantitative estimate of drug-likeness (QED) is 0.830. The summed E-state index contributed by atoms with van der Waals surface area (Å²) in [6, 6.07) is 7.35. The molecule has 0 unspecified atom stereocenters. The molecule has 1 aromatic carbocycles. The second kappa shape index (κ2) is 6.75. The van der Waals surface area contributed by atoms with Crippen molar-refractivity contribution in [3.63, 3.8) is 0 Å². The molecule has 0 heterocycles. The van der Waals surface area contributed by atoms with Gasteiger partial charge in [-0.25, -0.2) is 0 Å². The summed E-state index contributed by atoms with van der Waals surface area (Å²) in [4.78, 5) is 14.4. The summed E-state index contributed by atoms with van der Waals surface area (Å²) < 4.78 is 0. The minimum Gasteiger partial charge on any atom is -0.397 e. The lowest BCUT2D eigenvalue weighted by Crippen LogP contribution is -2.39. The molecule has 1 fully saturated rings. The average molecular weight is 276 g/mol. The molecule has 4 nitrogen and oxygen atoms in total. The maximum Gasteiger partial charge on any atom is 0.230 e. The Morgan fingerprint density at radius 3 is 2.55 bits per heavy atom. The van der Waals surface area contributed by atoms with Crippen molar-refractivity contribution in [1.82, 2.24) is 0 Å². The Kier molecular flexibility index (Phi) is 5.01. The fourth-order valence-corrected chi connectivity index (χ4v) is 2.91. The maximum atomic E-state index is 12.7. The molecule has 1 aromatic rings. The first-order chi connectivity index (χ1) is 9.63. The van der Waals surface area contributed by atoms with Gasteiger partial charge in [-0.15, -0.1) is 0 Å². The van der Waals surface area contributed by atoms with Crippen molar-refractivity contribution in [3.8, 4) is 0 Å². The molecule has 0 spiro atoms. The molecule has 0 radical (unpaired) electrons. The van der Waals surface area contributed by atoms with Crippen molar-refractivity contribution in [2.45, 2.75) is 32.6 Å². The standard InChI is InChI=1S/C16H24N2O2/c1-12-6-8-13(9-7-12)16(20)18(10-11-19)15-5-3-2-4-14(15)17/h2-5,12-13,19H,6-11,17H2,1H3. The zero-order valence-corrected chi connectivity index (χ0v) is 12.1. The number of benzene rings is 1. The molecule has 0 atom stereocenters. The molecular formula is C16H24N2O2. The number of aliphatic hydroxyl groups is 1. The number of nitrogen functional groups attached to an aromatic ring is 1. The van der Waals surface area contributed by atoms with Crippen molar-refractivity contribution in [1.29, 1.82) is 0 Å². The van der Waals surface area contributed by atoms with Crippen molar-refractivity contribution in [3.05, 3.63) is 24.3 Å². The molecular weight excluding hydrogens is 252 g/mol. The van der Waals surface area contributed by atoms with Crippen molar-refractivity contribution < 1.29 is 9.90 Å². The fourth-order valence-electron chi connectivity index (χ4n) is 2.91. The maximum absolute atomic E-state index is 12.7. The van der Waals surface area contributed by atoms with E-state index in [-0.39, 0.29) is 18.4 Å². The van der Waals surface area contributed by atoms with E-state index >= 15 is 0 Å². The van der Waals surface area contributed by atoms with E-state index in [2.05, 4.69) is 6.92 Å². The summed E-state index contributed by atoms with van der Waals surface area (Å²) in [5.41, 5.74) is 7.26. The lowest BCUT2D eigenvalue weighted by Gasteiger charge is -2.31. The molecule has 4 heteroatoms. The Balaban J connectivity index is 2.16. The highest BCUT2D eigenvalue weighted by molar-refractivity contribution is 5.97. The van der Waals surface area contributed by atoms with Crippen LogP contribution in [0, 0.1) is 11.8 Å². The van der Waals surface area contributed by atoms with Gasteiger partial charge in [0, 0.05) is 12.5 Å². The number of rotatable bonds is 4. The van der Waals surface area contributed by atoms with E-state index in [9.17, 15) is 9.90 Å². The SMILES string of the molecule is CC1CCC(C(=O)N(CCO)c2ccccc2N)CC1. The molecule has 3 N–H and O–H groups in total. The Hall–Kier alpha value is -1.55. The van der Waals surface area contributed by atoms with Gasteiger partial charge in [0.1, 0.15) is 0 Å². The van der Waals surface area contributed by atoms with E-state index in [1.165, 1.54) is 0 Å². The zero-order valence-electron chi connectivity index (χ0n) is 12.1. The van der Waals surface area contributed by atoms with E-state index in [0.717, 1.165) is 25.7 Å². The number of anilines is 2. The average Bonchev–Trinajstić information content (AvgIpc) is 2.46. The van der Waals surface area contributed by atoms with Gasteiger partial charge in [0.2, 0.25) is 5.91 Å². The predicted octanol–water partition coefficient (Wildman–Crippen LogP) is 2.42. The van der Waals surface area contributed by atoms with Crippen LogP contribution >= 0.6 is 0 Å². The number of hydrogen-bond donors (Lipinski definition) is 2. The van der Waals surface area contributed by atoms with Gasteiger partial charge in [-0.2, -0.15) is 0 Å². The van der Waals surface area contributed by atoms with Crippen LogP contribution in [0.5, 0.6) is 0 Å². The topological polar surface area (TPSA) is 66.6 Å². The summed E-state index contributed by atoms with van der Waals surface area (Å²) in [7, 11) is 0. The number of amides is 1. The van der Waals surface area contributed by atoms with Crippen LogP contribution in [-0.2, 0) is 4.79 Å². The summed E-state index contributed by atoms with van der Waals surface area (Å²) in [6.45, 7) is 2.49. The Morgan fingerprint density at radius 2 is 1.95 bits per heavy atom. The Bertz CT molecular complexity index is 454. The van der Waals surface area contributed by atoms with Crippen LogP contribution in [0.4, 0.5) is 11.4 Å². The van der Waals surface area contributed by atoms with Crippen LogP contribution in [0.15, 0.2) is 24.3 Å². The van der Waals surface area contributed by atoms with Crippen LogP contribution in [0.2, 0.25) is 0 Å². The minimum absolute atomic E-state index is 0.0524. The van der Waals surface area contributed by atoms with E-state index < -0.39 is 0 Å². The Morgan fingerprint density at radius 1 is 1.30 bits per heavy atom. The molecule has 1 amide bonds. The predicted molar refractivity (Wildman–Crippen MR) is 81.4 cm³/mol. The van der Waals surface area contributed by atoms with Gasteiger partial charge in [0.05, 0.1) is 18.0 Å². The molecule has 1 aliphatic rings. The van der Waals surface area contributed by atoms with E-state index in [0.29, 0.717) is 23.8 Å². The highest BCUT2D eigenvalue weighted by atomic mass is 16.3. The molecule has 2 rings (SSSR count). The molecule has 1 aliphatic carbocycles. The largest absolute Gasteiger partial charge is 0.397 e. The van der Waals surface area contributed by atoms with Gasteiger partial charge in [-0.05, 0) is 43.7 Å². The number of carbonyl (C=O) groups excluding carboxylic acids is 1. The van der Waals surface area contributed by atoms with Crippen molar-refractivity contribution in [2.24, 2.45) is 11.8 Å². The Labute approximate surface area is 120 Å². The first kappa shape index (κ1) is 14.9. The van der Waals surface area contributed by atoms with Crippen molar-refractivity contribution in [2.75, 3.05) is 23.8 Å². The molecule has 0 aromatic heterocycles. The van der Waals surface area contributed by atoms with Crippen LogP contribution in [0.3, 0.4) is 0 Å². The lowest BCUT2D eigenvalue weighted by atomic mass is 9.82. The number of carbonyl (C=O) groups is 1. The normalized spacial score (nSPS) is 22.5. The summed E-state index contributed by atoms with van der Waals surface area (Å²) in [6.07, 6.45) is 4.09. The molecule has 1 saturated carbocycles. The second-order valence-corrected chi connectivity index (χ2v) is 5.73. The van der Waals surface area contributed by atoms with E-state index in [1.54, 1.807) is 11.0 Å². The van der Waals surface area contributed by atoms with E-state index in [1.807, 2.05) is 18.2 Å². The number of para-hydroxylation sites is 2. The molecule has 20 heavy (non-hydrogen) atoms. The number of aliphatic hydroxyl groups excluding tert-OH is 1. The number of hydrogen-bond acceptors (Lipinski definition) is 3. The first-order valence-electron chi connectivity index (χ1n) is 7.40. The third-order valence-corrected chi connectivity index (χ3v) is 4.18. The summed E-state index contributed by atoms with van der Waals surface area (Å²) >= 11 is 0. The highest BCUT2D eigenvalue weighted by Gasteiger charge is 2.29. The lowest BCUT2D eigenvalue weighted by molar-refractivity contribution is -0.123. The first-order valence-corrected chi connectivity index (χ1v) is 7.40. The monoisotopic (exact) mass is 276 g/mol. The summed E-state index contributed by atoms with van der Waals surface area (Å²) in [5.74, 6) is 0.883. The summed E-state index contributed by atoms with van der Waals surface area (Å²) in [5, 5.41) is 9.24. The second-order valence-electron chi connectivity index (χ2n) is 5.73. The molecule has 110 valence electrons. The number of nitrogens with zero attached hydrogens (tertiary/aromatic N) is 1. The van der Waals surface area contributed by atoms with Crippen LogP contribution in [0.25, 0.3) is 0 Å². The smallest absolute Gasteiger partial charge is 0.230 e. The van der Waals surface area contributed by atoms with Crippen LogP contribution < -0.4 is 10.6 Å². The van der Waals surface area contributed by atoms with Crippen LogP contribution in [-0.4, -0.2) is 24.2 Å². The minimum atomic E-state index is -0.0524. The molecule has 0 aliphatic heterocycles. The van der Waals surface area contributed by atoms with Gasteiger partial charge in [-0.1, -0.05) is 19.1 Å². The van der Waals surface area contributed by atoms with Gasteiger partial charge >= 0.3 is 0 Å². The van der Waals surface area contributed by atoms with Crippen LogP contribution in [0.1, 0.15) is 32.6 Å². The third kappa shape index (κ3) is 3.31. The van der Waals surface area contributed by atoms with Crippen molar-refractivity contribution >= 4 is 17.3 Å². The zero-order chi connectivity index (χ0) is 14.5. The fraction of sp³-hybridized carbons (Fsp3) is 0.562. The van der Waals surface area contributed by atoms with Gasteiger partial charge < -0.3 is 15.7 Å². The molecule has 0 saturated heterocycles. The van der Waals surface area contributed by atoms with Gasteiger partial charge in [0.15, 0.2) is 0 Å². The van der Waals surface area contributed by atoms with Gasteiger partial charge in [0.25, 0.3) is 0 Å². The van der Waals surface area contributed by atoms with Gasteiger partial charge in [-0.3, -0.25) is 4.79 Å². The number of nitrogens with two attached hydrogens (primary N) is 1.